The number of hydrogen-bond acceptors (Lipinski definition) is 4. The molecule has 0 unspecified atom stereocenters. The predicted molar refractivity (Wildman–Crippen MR) is 71.8 cm³/mol. The lowest BCUT2D eigenvalue weighted by molar-refractivity contribution is -0.143. The number of rotatable bonds is 8. The topological polar surface area (TPSA) is 87.4 Å². The fraction of sp³-hybridized carbons (Fsp3) is 0.692. The third-order valence-electron chi connectivity index (χ3n) is 3.35. The molecule has 0 aliphatic carbocycles. The van der Waals surface area contributed by atoms with E-state index in [9.17, 15) is 9.90 Å². The molecule has 0 bridgehead atoms. The van der Waals surface area contributed by atoms with Crippen LogP contribution in [-0.4, -0.2) is 44.9 Å². The summed E-state index contributed by atoms with van der Waals surface area (Å²) in [6, 6.07) is -0.912. The Balaban J connectivity index is 2.37. The normalized spacial score (nSPS) is 16.0. The Bertz CT molecular complexity index is 406. The molecular weight excluding hydrogens is 246 g/mol. The summed E-state index contributed by atoms with van der Waals surface area (Å²) < 4.78 is 1.90. The van der Waals surface area contributed by atoms with Crippen molar-refractivity contribution < 1.29 is 15.0 Å². The molecule has 0 radical (unpaired) electrons. The highest BCUT2D eigenvalue weighted by atomic mass is 16.4. The van der Waals surface area contributed by atoms with Gasteiger partial charge in [0.25, 0.3) is 0 Å². The minimum Gasteiger partial charge on any atom is -0.480 e. The van der Waals surface area contributed by atoms with E-state index in [-0.39, 0.29) is 5.92 Å². The first-order valence-electron chi connectivity index (χ1n) is 6.50. The predicted octanol–water partition coefficient (Wildman–Crippen LogP) is 0.412. The van der Waals surface area contributed by atoms with E-state index in [2.05, 4.69) is 10.3 Å². The molecule has 0 saturated carbocycles. The van der Waals surface area contributed by atoms with Gasteiger partial charge in [0.15, 0.2) is 0 Å². The van der Waals surface area contributed by atoms with Gasteiger partial charge in [-0.05, 0) is 32.2 Å². The molecule has 0 spiro atoms. The van der Waals surface area contributed by atoms with Crippen LogP contribution in [0.1, 0.15) is 25.5 Å². The Morgan fingerprint density at radius 2 is 2.26 bits per heavy atom. The summed E-state index contributed by atoms with van der Waals surface area (Å²) in [5.41, 5.74) is 1.02. The Morgan fingerprint density at radius 3 is 2.74 bits per heavy atom. The van der Waals surface area contributed by atoms with Gasteiger partial charge >= 0.3 is 5.97 Å². The van der Waals surface area contributed by atoms with Gasteiger partial charge in [-0.3, -0.25) is 4.79 Å². The van der Waals surface area contributed by atoms with Crippen molar-refractivity contribution in [3.8, 4) is 0 Å². The zero-order chi connectivity index (χ0) is 14.4. The van der Waals surface area contributed by atoms with Gasteiger partial charge in [0.1, 0.15) is 6.04 Å². The molecule has 0 saturated heterocycles. The van der Waals surface area contributed by atoms with Crippen LogP contribution in [0.3, 0.4) is 0 Å². The number of nitrogens with one attached hydrogen (secondary N) is 1. The maximum atomic E-state index is 10.9. The molecule has 1 rings (SSSR count). The second-order valence-electron chi connectivity index (χ2n) is 5.00. The highest BCUT2D eigenvalue weighted by Gasteiger charge is 2.28. The molecule has 108 valence electrons. The number of carboxylic acid groups (broad SMARTS) is 1. The molecular formula is C13H23N3O3. The Hall–Kier alpha value is -1.40. The number of aromatic nitrogens is 2. The van der Waals surface area contributed by atoms with Crippen molar-refractivity contribution in [1.29, 1.82) is 0 Å². The molecule has 0 aliphatic rings. The number of nitrogens with zero attached hydrogens (tertiary/aromatic N) is 2. The van der Waals surface area contributed by atoms with Crippen molar-refractivity contribution in [3.05, 3.63) is 18.2 Å². The number of likely N-dealkylation sites (N-methyl/N-ethyl adjacent to an activating group) is 1. The summed E-state index contributed by atoms with van der Waals surface area (Å²) in [5.74, 6) is -1.09. The zero-order valence-corrected chi connectivity index (χ0v) is 11.7. The van der Waals surface area contributed by atoms with E-state index in [4.69, 9.17) is 5.11 Å². The van der Waals surface area contributed by atoms with Crippen LogP contribution in [-0.2, 0) is 18.3 Å². The lowest BCUT2D eigenvalue weighted by atomic mass is 9.92. The highest BCUT2D eigenvalue weighted by molar-refractivity contribution is 5.74. The summed E-state index contributed by atoms with van der Waals surface area (Å²) in [6.45, 7) is 1.87. The quantitative estimate of drug-likeness (QED) is 0.636. The van der Waals surface area contributed by atoms with Crippen LogP contribution in [0.2, 0.25) is 0 Å². The standard InChI is InChI=1S/C13H23N3O3/c1-9(12(17)11(14-2)13(18)19)5-4-6-10-7-16(3)8-15-10/h7-9,11-12,14,17H,4-6H2,1-3H3,(H,18,19)/t9-,11+,12-/m1/s1. The molecule has 1 aromatic heterocycles. The summed E-state index contributed by atoms with van der Waals surface area (Å²) in [4.78, 5) is 15.2. The van der Waals surface area contributed by atoms with E-state index in [0.717, 1.165) is 25.0 Å². The molecule has 0 fully saturated rings. The summed E-state index contributed by atoms with van der Waals surface area (Å²) in [7, 11) is 3.47. The molecule has 1 aromatic rings. The number of carbonyl (C=O) groups is 1. The maximum Gasteiger partial charge on any atom is 0.323 e. The molecule has 3 N–H and O–H groups in total. The number of imidazole rings is 1. The zero-order valence-electron chi connectivity index (χ0n) is 11.7. The van der Waals surface area contributed by atoms with E-state index in [1.807, 2.05) is 24.7 Å². The number of aliphatic hydroxyl groups is 1. The minimum atomic E-state index is -1.02. The van der Waals surface area contributed by atoms with Gasteiger partial charge in [-0.15, -0.1) is 0 Å². The van der Waals surface area contributed by atoms with Crippen molar-refractivity contribution in [2.75, 3.05) is 7.05 Å². The van der Waals surface area contributed by atoms with Gasteiger partial charge in [0.2, 0.25) is 0 Å². The van der Waals surface area contributed by atoms with E-state index in [0.29, 0.717) is 0 Å². The van der Waals surface area contributed by atoms with Crippen molar-refractivity contribution >= 4 is 5.97 Å². The lowest BCUT2D eigenvalue weighted by Crippen LogP contribution is -2.47. The van der Waals surface area contributed by atoms with Crippen LogP contribution in [0.5, 0.6) is 0 Å². The number of aliphatic carboxylic acids is 1. The van der Waals surface area contributed by atoms with Crippen LogP contribution < -0.4 is 5.32 Å². The largest absolute Gasteiger partial charge is 0.480 e. The number of aliphatic hydroxyl groups excluding tert-OH is 1. The van der Waals surface area contributed by atoms with Crippen molar-refractivity contribution in [2.45, 2.75) is 38.3 Å². The summed E-state index contributed by atoms with van der Waals surface area (Å²) in [5, 5.41) is 21.6. The van der Waals surface area contributed by atoms with Crippen molar-refractivity contribution in [1.82, 2.24) is 14.9 Å². The molecule has 6 heteroatoms. The number of hydrogen-bond donors (Lipinski definition) is 3. The molecule has 0 aromatic carbocycles. The van der Waals surface area contributed by atoms with Gasteiger partial charge in [0, 0.05) is 13.2 Å². The first kappa shape index (κ1) is 15.7. The monoisotopic (exact) mass is 269 g/mol. The second kappa shape index (κ2) is 7.25. The Morgan fingerprint density at radius 1 is 1.58 bits per heavy atom. The average molecular weight is 269 g/mol. The smallest absolute Gasteiger partial charge is 0.323 e. The third kappa shape index (κ3) is 4.65. The second-order valence-corrected chi connectivity index (χ2v) is 5.00. The lowest BCUT2D eigenvalue weighted by Gasteiger charge is -2.24. The summed E-state index contributed by atoms with van der Waals surface area (Å²) >= 11 is 0. The highest BCUT2D eigenvalue weighted by Crippen LogP contribution is 2.16. The Labute approximate surface area is 113 Å². The van der Waals surface area contributed by atoms with Gasteiger partial charge in [-0.25, -0.2) is 4.98 Å². The molecule has 6 nitrogen and oxygen atoms in total. The maximum absolute atomic E-state index is 10.9. The molecule has 0 amide bonds. The average Bonchev–Trinajstić information content (AvgIpc) is 2.75. The molecule has 19 heavy (non-hydrogen) atoms. The first-order chi connectivity index (χ1) is 8.95. The van der Waals surface area contributed by atoms with Crippen LogP contribution in [0.4, 0.5) is 0 Å². The molecule has 3 atom stereocenters. The van der Waals surface area contributed by atoms with Crippen LogP contribution in [0.25, 0.3) is 0 Å². The van der Waals surface area contributed by atoms with Gasteiger partial charge < -0.3 is 20.1 Å². The van der Waals surface area contributed by atoms with Crippen LogP contribution >= 0.6 is 0 Å². The fourth-order valence-corrected chi connectivity index (χ4v) is 2.14. The van der Waals surface area contributed by atoms with Crippen molar-refractivity contribution in [2.24, 2.45) is 13.0 Å². The fourth-order valence-electron chi connectivity index (χ4n) is 2.14. The van der Waals surface area contributed by atoms with E-state index in [1.54, 1.807) is 13.4 Å². The van der Waals surface area contributed by atoms with E-state index < -0.39 is 18.1 Å². The van der Waals surface area contributed by atoms with Crippen LogP contribution in [0, 0.1) is 5.92 Å². The van der Waals surface area contributed by atoms with Gasteiger partial charge in [-0.2, -0.15) is 0 Å². The van der Waals surface area contributed by atoms with Crippen LogP contribution in [0.15, 0.2) is 12.5 Å². The van der Waals surface area contributed by atoms with Gasteiger partial charge in [0.05, 0.1) is 18.1 Å². The van der Waals surface area contributed by atoms with E-state index in [1.165, 1.54) is 0 Å². The summed E-state index contributed by atoms with van der Waals surface area (Å²) in [6.07, 6.45) is 5.33. The minimum absolute atomic E-state index is 0.0720. The third-order valence-corrected chi connectivity index (χ3v) is 3.35. The molecule has 0 aliphatic heterocycles. The Kier molecular flexibility index (Phi) is 5.98. The number of carboxylic acids is 1. The number of aryl methyl sites for hydroxylation is 2. The van der Waals surface area contributed by atoms with E-state index >= 15 is 0 Å². The van der Waals surface area contributed by atoms with Crippen molar-refractivity contribution in [3.63, 3.8) is 0 Å². The van der Waals surface area contributed by atoms with Gasteiger partial charge in [-0.1, -0.05) is 6.92 Å². The molecule has 1 heterocycles. The SMILES string of the molecule is CN[C@H](C(=O)O)[C@H](O)[C@H](C)CCCc1cn(C)cn1. The first-order valence-corrected chi connectivity index (χ1v) is 6.50.